The number of rotatable bonds is 3. The van der Waals surface area contributed by atoms with E-state index in [0.29, 0.717) is 6.54 Å². The zero-order chi connectivity index (χ0) is 8.97. The lowest BCUT2D eigenvalue weighted by Crippen LogP contribution is -2.41. The molecule has 0 bridgehead atoms. The number of amides is 1. The lowest BCUT2D eigenvalue weighted by Gasteiger charge is -2.15. The van der Waals surface area contributed by atoms with E-state index in [1.165, 1.54) is 0 Å². The lowest BCUT2D eigenvalue weighted by atomic mass is 10.2. The van der Waals surface area contributed by atoms with Crippen LogP contribution in [0.5, 0.6) is 0 Å². The Kier molecular flexibility index (Phi) is 3.49. The van der Waals surface area contributed by atoms with E-state index >= 15 is 0 Å². The molecule has 4 nitrogen and oxygen atoms in total. The van der Waals surface area contributed by atoms with Crippen LogP contribution >= 0.6 is 0 Å². The average Bonchev–Trinajstić information content (AvgIpc) is 2.47. The molecule has 0 aliphatic heterocycles. The molecule has 0 saturated heterocycles. The summed E-state index contributed by atoms with van der Waals surface area (Å²) in [5, 5.41) is 14.9. The minimum atomic E-state index is -0.269. The van der Waals surface area contributed by atoms with Gasteiger partial charge in [0.2, 0.25) is 5.91 Å². The average molecular weight is 172 g/mol. The van der Waals surface area contributed by atoms with Gasteiger partial charge in [0, 0.05) is 13.1 Å². The minimum Gasteiger partial charge on any atom is -0.392 e. The smallest absolute Gasteiger partial charge is 0.233 e. The first-order valence-corrected chi connectivity index (χ1v) is 4.36. The van der Waals surface area contributed by atoms with E-state index in [1.807, 2.05) is 0 Å². The maximum Gasteiger partial charge on any atom is 0.233 e. The number of hydrogen-bond acceptors (Lipinski definition) is 3. The van der Waals surface area contributed by atoms with Crippen LogP contribution in [0.3, 0.4) is 0 Å². The maximum atomic E-state index is 10.8. The van der Waals surface area contributed by atoms with Gasteiger partial charge in [0.1, 0.15) is 0 Å². The summed E-state index contributed by atoms with van der Waals surface area (Å²) >= 11 is 0. The van der Waals surface area contributed by atoms with Gasteiger partial charge >= 0.3 is 0 Å². The monoisotopic (exact) mass is 172 g/mol. The molecule has 1 rings (SSSR count). The zero-order valence-electron chi connectivity index (χ0n) is 7.34. The van der Waals surface area contributed by atoms with Gasteiger partial charge in [0.05, 0.1) is 12.6 Å². The highest BCUT2D eigenvalue weighted by Gasteiger charge is 2.24. The Balaban J connectivity index is 2.18. The maximum absolute atomic E-state index is 10.8. The van der Waals surface area contributed by atoms with Gasteiger partial charge in [-0.2, -0.15) is 0 Å². The van der Waals surface area contributed by atoms with Gasteiger partial charge in [-0.15, -0.1) is 0 Å². The van der Waals surface area contributed by atoms with Crippen LogP contribution in [0.2, 0.25) is 0 Å². The summed E-state index contributed by atoms with van der Waals surface area (Å²) in [5.41, 5.74) is 0. The molecular weight excluding hydrogens is 156 g/mol. The van der Waals surface area contributed by atoms with Gasteiger partial charge in [-0.05, 0) is 19.3 Å². The second kappa shape index (κ2) is 4.42. The molecule has 70 valence electrons. The van der Waals surface area contributed by atoms with E-state index in [9.17, 15) is 9.90 Å². The molecule has 1 amide bonds. The van der Waals surface area contributed by atoms with Gasteiger partial charge < -0.3 is 15.7 Å². The molecule has 0 heterocycles. The van der Waals surface area contributed by atoms with Gasteiger partial charge in [0.15, 0.2) is 0 Å². The number of carbonyl (C=O) groups excluding carboxylic acids is 1. The van der Waals surface area contributed by atoms with Crippen LogP contribution in [0.25, 0.3) is 0 Å². The third-order valence-electron chi connectivity index (χ3n) is 2.28. The summed E-state index contributed by atoms with van der Waals surface area (Å²) < 4.78 is 0. The van der Waals surface area contributed by atoms with Crippen molar-refractivity contribution >= 4 is 5.91 Å². The Bertz CT molecular complexity index is 161. The summed E-state index contributed by atoms with van der Waals surface area (Å²) in [6.07, 6.45) is 2.60. The molecule has 4 heteroatoms. The highest BCUT2D eigenvalue weighted by molar-refractivity contribution is 5.77. The second-order valence-electron chi connectivity index (χ2n) is 3.16. The first-order valence-electron chi connectivity index (χ1n) is 4.36. The lowest BCUT2D eigenvalue weighted by molar-refractivity contribution is -0.119. The van der Waals surface area contributed by atoms with Crippen LogP contribution in [0, 0.1) is 0 Å². The molecular formula is C8H16N2O2. The van der Waals surface area contributed by atoms with Crippen LogP contribution in [0.4, 0.5) is 0 Å². The van der Waals surface area contributed by atoms with Crippen LogP contribution in [0.15, 0.2) is 0 Å². The van der Waals surface area contributed by atoms with Crippen molar-refractivity contribution in [3.8, 4) is 0 Å². The molecule has 1 fully saturated rings. The summed E-state index contributed by atoms with van der Waals surface area (Å²) in [4.78, 5) is 10.8. The molecule has 0 aromatic rings. The summed E-state index contributed by atoms with van der Waals surface area (Å²) in [7, 11) is 1.61. The summed E-state index contributed by atoms with van der Waals surface area (Å²) in [6, 6.07) is 0.113. The van der Waals surface area contributed by atoms with E-state index in [2.05, 4.69) is 10.6 Å². The van der Waals surface area contributed by atoms with Crippen LogP contribution in [-0.4, -0.2) is 36.8 Å². The Morgan fingerprint density at radius 3 is 2.83 bits per heavy atom. The summed E-state index contributed by atoms with van der Waals surface area (Å²) in [5.74, 6) is -0.0332. The molecule has 0 aromatic carbocycles. The molecule has 0 radical (unpaired) electrons. The molecule has 0 spiro atoms. The molecule has 2 unspecified atom stereocenters. The number of aliphatic hydroxyl groups is 1. The van der Waals surface area contributed by atoms with Crippen LogP contribution < -0.4 is 10.6 Å². The number of carbonyl (C=O) groups is 1. The standard InChI is InChI=1S/C8H16N2O2/c1-9-8(12)5-10-6-3-2-4-7(6)11/h6-7,10-11H,2-5H2,1H3,(H,9,12). The Morgan fingerprint density at radius 1 is 1.58 bits per heavy atom. The second-order valence-corrected chi connectivity index (χ2v) is 3.16. The molecule has 0 aromatic heterocycles. The van der Waals surface area contributed by atoms with Crippen molar-refractivity contribution < 1.29 is 9.90 Å². The molecule has 2 atom stereocenters. The predicted molar refractivity (Wildman–Crippen MR) is 45.7 cm³/mol. The van der Waals surface area contributed by atoms with Crippen molar-refractivity contribution in [3.05, 3.63) is 0 Å². The van der Waals surface area contributed by atoms with Crippen molar-refractivity contribution in [2.24, 2.45) is 0 Å². The van der Waals surface area contributed by atoms with E-state index in [0.717, 1.165) is 19.3 Å². The van der Waals surface area contributed by atoms with Crippen molar-refractivity contribution in [1.29, 1.82) is 0 Å². The summed E-state index contributed by atoms with van der Waals surface area (Å²) in [6.45, 7) is 0.304. The first-order chi connectivity index (χ1) is 5.74. The van der Waals surface area contributed by atoms with Gasteiger partial charge in [-0.1, -0.05) is 0 Å². The van der Waals surface area contributed by atoms with Crippen molar-refractivity contribution in [2.45, 2.75) is 31.4 Å². The largest absolute Gasteiger partial charge is 0.392 e. The van der Waals surface area contributed by atoms with Gasteiger partial charge in [-0.3, -0.25) is 4.79 Å². The van der Waals surface area contributed by atoms with Crippen molar-refractivity contribution in [3.63, 3.8) is 0 Å². The van der Waals surface area contributed by atoms with Crippen molar-refractivity contribution in [1.82, 2.24) is 10.6 Å². The van der Waals surface area contributed by atoms with E-state index in [-0.39, 0.29) is 18.1 Å². The molecule has 3 N–H and O–H groups in total. The normalized spacial score (nSPS) is 28.8. The Hall–Kier alpha value is -0.610. The SMILES string of the molecule is CNC(=O)CNC1CCCC1O. The van der Waals surface area contributed by atoms with Crippen LogP contribution in [-0.2, 0) is 4.79 Å². The number of likely N-dealkylation sites (N-methyl/N-ethyl adjacent to an activating group) is 1. The third-order valence-corrected chi connectivity index (χ3v) is 2.28. The molecule has 12 heavy (non-hydrogen) atoms. The van der Waals surface area contributed by atoms with Crippen LogP contribution in [0.1, 0.15) is 19.3 Å². The predicted octanol–water partition coefficient (Wildman–Crippen LogP) is -0.765. The molecule has 1 saturated carbocycles. The van der Waals surface area contributed by atoms with Crippen molar-refractivity contribution in [2.75, 3.05) is 13.6 Å². The van der Waals surface area contributed by atoms with E-state index in [1.54, 1.807) is 7.05 Å². The highest BCUT2D eigenvalue weighted by atomic mass is 16.3. The molecule has 1 aliphatic carbocycles. The Labute approximate surface area is 72.3 Å². The van der Waals surface area contributed by atoms with Gasteiger partial charge in [0.25, 0.3) is 0 Å². The first kappa shape index (κ1) is 9.48. The van der Waals surface area contributed by atoms with Gasteiger partial charge in [-0.25, -0.2) is 0 Å². The number of nitrogens with one attached hydrogen (secondary N) is 2. The third kappa shape index (κ3) is 2.46. The highest BCUT2D eigenvalue weighted by Crippen LogP contribution is 2.18. The minimum absolute atomic E-state index is 0.0332. The fourth-order valence-electron chi connectivity index (χ4n) is 1.49. The van der Waals surface area contributed by atoms with E-state index in [4.69, 9.17) is 0 Å². The Morgan fingerprint density at radius 2 is 2.33 bits per heavy atom. The van der Waals surface area contributed by atoms with E-state index < -0.39 is 0 Å². The quantitative estimate of drug-likeness (QED) is 0.524. The zero-order valence-corrected chi connectivity index (χ0v) is 7.34. The fraction of sp³-hybridized carbons (Fsp3) is 0.875. The molecule has 1 aliphatic rings. The topological polar surface area (TPSA) is 61.4 Å². The number of hydrogen-bond donors (Lipinski definition) is 3. The fourth-order valence-corrected chi connectivity index (χ4v) is 1.49. The number of aliphatic hydroxyl groups excluding tert-OH is 1.